The first kappa shape index (κ1) is 18.0. The number of nitrogens with one attached hydrogen (secondary N) is 1. The number of hydrogen-bond acceptors (Lipinski definition) is 5. The molecule has 4 aromatic rings. The molecule has 0 atom stereocenters. The summed E-state index contributed by atoms with van der Waals surface area (Å²) in [5.41, 5.74) is 5.01. The monoisotopic (exact) mass is 373 g/mol. The lowest BCUT2D eigenvalue weighted by atomic mass is 10.2. The molecule has 0 unspecified atom stereocenters. The fourth-order valence-corrected chi connectivity index (χ4v) is 3.25. The van der Waals surface area contributed by atoms with Crippen LogP contribution in [0.2, 0.25) is 0 Å². The van der Waals surface area contributed by atoms with Gasteiger partial charge >= 0.3 is 0 Å². The Balaban J connectivity index is 1.69. The molecule has 28 heavy (non-hydrogen) atoms. The Kier molecular flexibility index (Phi) is 5.19. The van der Waals surface area contributed by atoms with Gasteiger partial charge in [-0.25, -0.2) is 0 Å². The second-order valence-corrected chi connectivity index (χ2v) is 6.66. The fourth-order valence-electron chi connectivity index (χ4n) is 3.25. The molecule has 0 aliphatic carbocycles. The molecule has 142 valence electrons. The van der Waals surface area contributed by atoms with E-state index >= 15 is 0 Å². The van der Waals surface area contributed by atoms with Crippen LogP contribution in [0.3, 0.4) is 0 Å². The van der Waals surface area contributed by atoms with Gasteiger partial charge in [0, 0.05) is 17.9 Å². The molecule has 6 heteroatoms. The zero-order valence-electron chi connectivity index (χ0n) is 16.1. The van der Waals surface area contributed by atoms with E-state index in [1.165, 1.54) is 11.3 Å². The van der Waals surface area contributed by atoms with Crippen molar-refractivity contribution in [2.45, 2.75) is 26.3 Å². The standard InChI is InChI=1S/C22H23N5O/c1-3-7-18-14-20-21(27(18)15-16-8-5-4-6-9-16)24-22(26-25-20)23-17-10-12-19(28-2)13-11-17/h4-6,8-14H,3,7,15H2,1-2H3,(H,23,24,26). The Bertz CT molecular complexity index is 1060. The summed E-state index contributed by atoms with van der Waals surface area (Å²) in [6.45, 7) is 2.95. The van der Waals surface area contributed by atoms with E-state index in [1.54, 1.807) is 7.11 Å². The van der Waals surface area contributed by atoms with Crippen molar-refractivity contribution in [3.05, 3.63) is 71.9 Å². The maximum absolute atomic E-state index is 5.20. The second-order valence-electron chi connectivity index (χ2n) is 6.66. The molecule has 0 aliphatic heterocycles. The summed E-state index contributed by atoms with van der Waals surface area (Å²) in [7, 11) is 1.65. The normalized spacial score (nSPS) is 10.9. The maximum atomic E-state index is 5.20. The summed E-state index contributed by atoms with van der Waals surface area (Å²) in [4.78, 5) is 4.76. The largest absolute Gasteiger partial charge is 0.497 e. The van der Waals surface area contributed by atoms with E-state index < -0.39 is 0 Å². The van der Waals surface area contributed by atoms with Crippen molar-refractivity contribution in [3.8, 4) is 5.75 Å². The number of benzene rings is 2. The second kappa shape index (κ2) is 8.08. The number of rotatable bonds is 7. The number of aromatic nitrogens is 4. The van der Waals surface area contributed by atoms with Gasteiger partial charge in [-0.1, -0.05) is 43.7 Å². The predicted molar refractivity (Wildman–Crippen MR) is 111 cm³/mol. The molecule has 6 nitrogen and oxygen atoms in total. The van der Waals surface area contributed by atoms with Gasteiger partial charge in [0.15, 0.2) is 5.65 Å². The first-order valence-electron chi connectivity index (χ1n) is 9.44. The van der Waals surface area contributed by atoms with Crippen molar-refractivity contribution in [1.82, 2.24) is 19.7 Å². The molecular weight excluding hydrogens is 350 g/mol. The molecule has 0 radical (unpaired) electrons. The molecule has 2 aromatic carbocycles. The highest BCUT2D eigenvalue weighted by Crippen LogP contribution is 2.22. The first-order valence-corrected chi connectivity index (χ1v) is 9.44. The van der Waals surface area contributed by atoms with E-state index in [1.807, 2.05) is 30.3 Å². The number of aryl methyl sites for hydroxylation is 1. The summed E-state index contributed by atoms with van der Waals surface area (Å²) in [5.74, 6) is 1.29. The Morgan fingerprint density at radius 2 is 1.79 bits per heavy atom. The molecule has 0 amide bonds. The highest BCUT2D eigenvalue weighted by Gasteiger charge is 2.13. The molecule has 2 aromatic heterocycles. The zero-order chi connectivity index (χ0) is 19.3. The van der Waals surface area contributed by atoms with Crippen LogP contribution in [0.1, 0.15) is 24.6 Å². The average molecular weight is 373 g/mol. The fraction of sp³-hybridized carbons (Fsp3) is 0.227. The van der Waals surface area contributed by atoms with Crippen LogP contribution in [0.5, 0.6) is 5.75 Å². The van der Waals surface area contributed by atoms with E-state index in [4.69, 9.17) is 9.72 Å². The van der Waals surface area contributed by atoms with Crippen LogP contribution in [-0.2, 0) is 13.0 Å². The maximum Gasteiger partial charge on any atom is 0.249 e. The zero-order valence-corrected chi connectivity index (χ0v) is 16.1. The highest BCUT2D eigenvalue weighted by atomic mass is 16.5. The molecule has 0 saturated heterocycles. The number of nitrogens with zero attached hydrogens (tertiary/aromatic N) is 4. The van der Waals surface area contributed by atoms with E-state index in [2.05, 4.69) is 57.3 Å². The van der Waals surface area contributed by atoms with Crippen LogP contribution in [0.15, 0.2) is 60.7 Å². The first-order chi connectivity index (χ1) is 13.8. The van der Waals surface area contributed by atoms with Crippen molar-refractivity contribution < 1.29 is 4.74 Å². The van der Waals surface area contributed by atoms with Gasteiger partial charge in [-0.3, -0.25) is 0 Å². The summed E-state index contributed by atoms with van der Waals surface area (Å²) in [6, 6.07) is 20.2. The van der Waals surface area contributed by atoms with Crippen LogP contribution in [0, 0.1) is 0 Å². The lowest BCUT2D eigenvalue weighted by Crippen LogP contribution is -2.07. The van der Waals surface area contributed by atoms with Crippen molar-refractivity contribution in [2.24, 2.45) is 0 Å². The molecule has 0 aliphatic rings. The minimum atomic E-state index is 0.480. The van der Waals surface area contributed by atoms with Gasteiger partial charge in [0.2, 0.25) is 5.95 Å². The van der Waals surface area contributed by atoms with E-state index in [0.29, 0.717) is 5.95 Å². The van der Waals surface area contributed by atoms with Crippen LogP contribution < -0.4 is 10.1 Å². The molecule has 4 rings (SSSR count). The topological polar surface area (TPSA) is 64.9 Å². The van der Waals surface area contributed by atoms with Crippen LogP contribution in [0.4, 0.5) is 11.6 Å². The molecule has 0 bridgehead atoms. The van der Waals surface area contributed by atoms with E-state index in [0.717, 1.165) is 42.0 Å². The highest BCUT2D eigenvalue weighted by molar-refractivity contribution is 5.74. The SMILES string of the molecule is CCCc1cc2nnc(Nc3ccc(OC)cc3)nc2n1Cc1ccccc1. The van der Waals surface area contributed by atoms with Crippen LogP contribution in [-0.4, -0.2) is 26.9 Å². The minimum Gasteiger partial charge on any atom is -0.497 e. The van der Waals surface area contributed by atoms with Gasteiger partial charge < -0.3 is 14.6 Å². The Morgan fingerprint density at radius 1 is 1.00 bits per heavy atom. The average Bonchev–Trinajstić information content (AvgIpc) is 3.06. The number of fused-ring (bicyclic) bond motifs is 1. The summed E-state index contributed by atoms with van der Waals surface area (Å²) in [6.07, 6.45) is 2.04. The smallest absolute Gasteiger partial charge is 0.249 e. The number of ether oxygens (including phenoxy) is 1. The molecule has 0 spiro atoms. The summed E-state index contributed by atoms with van der Waals surface area (Å²) >= 11 is 0. The van der Waals surface area contributed by atoms with Crippen molar-refractivity contribution in [2.75, 3.05) is 12.4 Å². The Morgan fingerprint density at radius 3 is 2.50 bits per heavy atom. The molecule has 0 fully saturated rings. The third-order valence-electron chi connectivity index (χ3n) is 4.63. The van der Waals surface area contributed by atoms with Crippen LogP contribution in [0.25, 0.3) is 11.2 Å². The van der Waals surface area contributed by atoms with Gasteiger partial charge in [-0.15, -0.1) is 10.2 Å². The Labute approximate surface area is 164 Å². The lowest BCUT2D eigenvalue weighted by molar-refractivity contribution is 0.415. The number of anilines is 2. The lowest BCUT2D eigenvalue weighted by Gasteiger charge is -2.10. The van der Waals surface area contributed by atoms with Crippen molar-refractivity contribution in [3.63, 3.8) is 0 Å². The third kappa shape index (κ3) is 3.81. The van der Waals surface area contributed by atoms with Crippen molar-refractivity contribution >= 4 is 22.8 Å². The summed E-state index contributed by atoms with van der Waals surface area (Å²) < 4.78 is 7.44. The molecule has 1 N–H and O–H groups in total. The molecule has 2 heterocycles. The van der Waals surface area contributed by atoms with Gasteiger partial charge in [0.05, 0.1) is 7.11 Å². The summed E-state index contributed by atoms with van der Waals surface area (Å²) in [5, 5.41) is 11.9. The quantitative estimate of drug-likeness (QED) is 0.514. The van der Waals surface area contributed by atoms with Gasteiger partial charge in [0.25, 0.3) is 0 Å². The molecular formula is C22H23N5O. The minimum absolute atomic E-state index is 0.480. The third-order valence-corrected chi connectivity index (χ3v) is 4.63. The van der Waals surface area contributed by atoms with Gasteiger partial charge in [-0.05, 0) is 42.3 Å². The Hall–Kier alpha value is -3.41. The number of methoxy groups -OCH3 is 1. The van der Waals surface area contributed by atoms with Crippen LogP contribution >= 0.6 is 0 Å². The van der Waals surface area contributed by atoms with Gasteiger partial charge in [0.1, 0.15) is 11.3 Å². The molecule has 0 saturated carbocycles. The van der Waals surface area contributed by atoms with Crippen molar-refractivity contribution in [1.29, 1.82) is 0 Å². The predicted octanol–water partition coefficient (Wildman–Crippen LogP) is 4.58. The number of hydrogen-bond donors (Lipinski definition) is 1. The van der Waals surface area contributed by atoms with E-state index in [9.17, 15) is 0 Å². The van der Waals surface area contributed by atoms with Gasteiger partial charge in [-0.2, -0.15) is 4.98 Å². The van der Waals surface area contributed by atoms with E-state index in [-0.39, 0.29) is 0 Å².